The number of alkyl halides is 2. The number of nitrogens with two attached hydrogens (primary N) is 1. The average molecular weight is 297 g/mol. The third-order valence-electron chi connectivity index (χ3n) is 2.79. The minimum atomic E-state index is -2.45. The monoisotopic (exact) mass is 296 g/mol. The quantitative estimate of drug-likeness (QED) is 0.433. The van der Waals surface area contributed by atoms with Crippen LogP contribution in [0.2, 0.25) is 5.02 Å². The van der Waals surface area contributed by atoms with Crippen molar-refractivity contribution in [1.29, 1.82) is 0 Å². The summed E-state index contributed by atoms with van der Waals surface area (Å²) >= 11 is 6.14. The molecule has 1 rings (SSSR count). The summed E-state index contributed by atoms with van der Waals surface area (Å²) in [4.78, 5) is 0. The van der Waals surface area contributed by atoms with Gasteiger partial charge >= 0.3 is 0 Å². The van der Waals surface area contributed by atoms with Gasteiger partial charge in [0.2, 0.25) is 0 Å². The molecule has 0 fully saturated rings. The van der Waals surface area contributed by atoms with Gasteiger partial charge in [-0.2, -0.15) is 5.10 Å². The Bertz CT molecular complexity index is 400. The van der Waals surface area contributed by atoms with Crippen molar-refractivity contribution in [3.05, 3.63) is 16.4 Å². The minimum Gasteiger partial charge on any atom is -0.375 e. The predicted octanol–water partition coefficient (Wildman–Crippen LogP) is 1.43. The van der Waals surface area contributed by atoms with Gasteiger partial charge in [0.25, 0.3) is 6.43 Å². The number of ether oxygens (including phenoxy) is 1. The predicted molar refractivity (Wildman–Crippen MR) is 69.2 cm³/mol. The highest BCUT2D eigenvalue weighted by Gasteiger charge is 2.16. The summed E-state index contributed by atoms with van der Waals surface area (Å²) in [5, 5.41) is 4.81. The Balaban J connectivity index is 2.48. The molecule has 1 aromatic heterocycles. The second kappa shape index (κ2) is 7.74. The highest BCUT2D eigenvalue weighted by Crippen LogP contribution is 2.21. The molecule has 1 aromatic rings. The summed E-state index contributed by atoms with van der Waals surface area (Å²) in [6.07, 6.45) is -1.37. The maximum atomic E-state index is 11.9. The van der Waals surface area contributed by atoms with Gasteiger partial charge < -0.3 is 4.74 Å². The number of hydrogen-bond donors (Lipinski definition) is 2. The molecular weight excluding hydrogens is 278 g/mol. The van der Waals surface area contributed by atoms with Gasteiger partial charge in [0.1, 0.15) is 6.61 Å². The van der Waals surface area contributed by atoms with Crippen LogP contribution in [-0.2, 0) is 18.2 Å². The van der Waals surface area contributed by atoms with Gasteiger partial charge in [-0.1, -0.05) is 11.6 Å². The van der Waals surface area contributed by atoms with E-state index in [1.165, 1.54) is 0 Å². The average Bonchev–Trinajstić information content (AvgIpc) is 2.58. The van der Waals surface area contributed by atoms with Crippen molar-refractivity contribution < 1.29 is 13.5 Å². The van der Waals surface area contributed by atoms with Crippen LogP contribution in [0.5, 0.6) is 0 Å². The van der Waals surface area contributed by atoms with E-state index in [1.807, 2.05) is 6.92 Å². The Labute approximate surface area is 116 Å². The fourth-order valence-electron chi connectivity index (χ4n) is 1.78. The number of hydrogen-bond acceptors (Lipinski definition) is 4. The second-order valence-electron chi connectivity index (χ2n) is 4.29. The zero-order valence-electron chi connectivity index (χ0n) is 11.0. The Morgan fingerprint density at radius 2 is 2.21 bits per heavy atom. The first-order chi connectivity index (χ1) is 8.95. The molecule has 0 aliphatic heterocycles. The molecule has 0 amide bonds. The van der Waals surface area contributed by atoms with Crippen LogP contribution in [0.25, 0.3) is 0 Å². The van der Waals surface area contributed by atoms with Crippen LogP contribution < -0.4 is 11.3 Å². The fourth-order valence-corrected chi connectivity index (χ4v) is 2.01. The Kier molecular flexibility index (Phi) is 6.64. The van der Waals surface area contributed by atoms with E-state index < -0.39 is 13.0 Å². The van der Waals surface area contributed by atoms with E-state index in [-0.39, 0.29) is 12.6 Å². The van der Waals surface area contributed by atoms with Gasteiger partial charge in [0.05, 0.1) is 16.4 Å². The van der Waals surface area contributed by atoms with E-state index in [0.29, 0.717) is 17.9 Å². The largest absolute Gasteiger partial charge is 0.375 e. The van der Waals surface area contributed by atoms with Gasteiger partial charge in [0.15, 0.2) is 0 Å². The molecule has 5 nitrogen and oxygen atoms in total. The van der Waals surface area contributed by atoms with Crippen molar-refractivity contribution >= 4 is 11.6 Å². The third-order valence-corrected chi connectivity index (χ3v) is 3.28. The van der Waals surface area contributed by atoms with Gasteiger partial charge in [-0.05, 0) is 13.3 Å². The van der Waals surface area contributed by atoms with E-state index in [1.54, 1.807) is 11.7 Å². The number of nitrogens with one attached hydrogen (secondary N) is 1. The van der Waals surface area contributed by atoms with Crippen LogP contribution in [0, 0.1) is 6.92 Å². The number of halogens is 3. The first kappa shape index (κ1) is 16.3. The smallest absolute Gasteiger partial charge is 0.261 e. The molecule has 1 unspecified atom stereocenters. The number of nitrogens with zero attached hydrogens (tertiary/aromatic N) is 2. The van der Waals surface area contributed by atoms with Crippen molar-refractivity contribution in [3.8, 4) is 0 Å². The summed E-state index contributed by atoms with van der Waals surface area (Å²) < 4.78 is 30.3. The van der Waals surface area contributed by atoms with Crippen LogP contribution >= 0.6 is 11.6 Å². The lowest BCUT2D eigenvalue weighted by molar-refractivity contribution is 0.0144. The minimum absolute atomic E-state index is 0.107. The number of aryl methyl sites for hydroxylation is 2. The van der Waals surface area contributed by atoms with Gasteiger partial charge in [0, 0.05) is 26.1 Å². The topological polar surface area (TPSA) is 65.1 Å². The van der Waals surface area contributed by atoms with Crippen molar-refractivity contribution in [2.75, 3.05) is 13.2 Å². The summed E-state index contributed by atoms with van der Waals surface area (Å²) in [7, 11) is 1.80. The van der Waals surface area contributed by atoms with Crippen molar-refractivity contribution in [3.63, 3.8) is 0 Å². The first-order valence-electron chi connectivity index (χ1n) is 5.95. The Hall–Kier alpha value is -0.760. The van der Waals surface area contributed by atoms with Crippen LogP contribution in [0.15, 0.2) is 0 Å². The van der Waals surface area contributed by atoms with Gasteiger partial charge in [-0.15, -0.1) is 0 Å². The Morgan fingerprint density at radius 1 is 1.53 bits per heavy atom. The SMILES string of the molecule is Cc1nn(C)c(CC(CCOCC(F)F)NN)c1Cl. The van der Waals surface area contributed by atoms with Crippen LogP contribution in [0.3, 0.4) is 0 Å². The molecule has 0 aromatic carbocycles. The number of rotatable bonds is 8. The lowest BCUT2D eigenvalue weighted by atomic mass is 10.1. The first-order valence-corrected chi connectivity index (χ1v) is 6.33. The molecule has 0 saturated carbocycles. The van der Waals surface area contributed by atoms with Crippen LogP contribution in [0.4, 0.5) is 8.78 Å². The molecule has 0 spiro atoms. The van der Waals surface area contributed by atoms with Crippen molar-refractivity contribution in [2.45, 2.75) is 32.2 Å². The van der Waals surface area contributed by atoms with Crippen molar-refractivity contribution in [1.82, 2.24) is 15.2 Å². The standard InChI is InChI=1S/C11H19ClF2N4O/c1-7-11(12)9(18(2)17-7)5-8(16-15)3-4-19-6-10(13)14/h8,10,16H,3-6,15H2,1-2H3. The highest BCUT2D eigenvalue weighted by molar-refractivity contribution is 6.31. The second-order valence-corrected chi connectivity index (χ2v) is 4.67. The molecule has 0 bridgehead atoms. The molecule has 0 saturated heterocycles. The van der Waals surface area contributed by atoms with E-state index in [2.05, 4.69) is 10.5 Å². The zero-order valence-corrected chi connectivity index (χ0v) is 11.8. The molecule has 0 aliphatic rings. The highest BCUT2D eigenvalue weighted by atomic mass is 35.5. The molecule has 1 atom stereocenters. The summed E-state index contributed by atoms with van der Waals surface area (Å²) in [6.45, 7) is 1.49. The summed E-state index contributed by atoms with van der Waals surface area (Å²) in [5.41, 5.74) is 4.25. The van der Waals surface area contributed by atoms with Crippen LogP contribution in [0.1, 0.15) is 17.8 Å². The van der Waals surface area contributed by atoms with E-state index in [9.17, 15) is 8.78 Å². The van der Waals surface area contributed by atoms with E-state index >= 15 is 0 Å². The Morgan fingerprint density at radius 3 is 2.68 bits per heavy atom. The molecule has 3 N–H and O–H groups in total. The molecule has 19 heavy (non-hydrogen) atoms. The number of aromatic nitrogens is 2. The summed E-state index contributed by atoms with van der Waals surface area (Å²) in [5.74, 6) is 5.44. The normalized spacial score (nSPS) is 13.2. The van der Waals surface area contributed by atoms with Gasteiger partial charge in [-0.3, -0.25) is 16.0 Å². The van der Waals surface area contributed by atoms with E-state index in [0.717, 1.165) is 11.4 Å². The lowest BCUT2D eigenvalue weighted by Gasteiger charge is -2.16. The fraction of sp³-hybridized carbons (Fsp3) is 0.727. The third kappa shape index (κ3) is 5.02. The maximum Gasteiger partial charge on any atom is 0.261 e. The molecule has 0 radical (unpaired) electrons. The van der Waals surface area contributed by atoms with Gasteiger partial charge in [-0.25, -0.2) is 8.78 Å². The van der Waals surface area contributed by atoms with E-state index in [4.69, 9.17) is 22.2 Å². The molecule has 8 heteroatoms. The van der Waals surface area contributed by atoms with Crippen molar-refractivity contribution in [2.24, 2.45) is 12.9 Å². The molecule has 0 aliphatic carbocycles. The van der Waals surface area contributed by atoms with Crippen LogP contribution in [-0.4, -0.2) is 35.5 Å². The lowest BCUT2D eigenvalue weighted by Crippen LogP contribution is -2.38. The molecular formula is C11H19ClF2N4O. The zero-order chi connectivity index (χ0) is 14.4. The maximum absolute atomic E-state index is 11.9. The molecule has 110 valence electrons. The summed E-state index contributed by atoms with van der Waals surface area (Å²) in [6, 6.07) is -0.107. The number of hydrazine groups is 1. The molecule has 1 heterocycles.